The quantitative estimate of drug-likeness (QED) is 0.659. The lowest BCUT2D eigenvalue weighted by Gasteiger charge is -2.13. The van der Waals surface area contributed by atoms with Crippen LogP contribution in [0.25, 0.3) is 5.69 Å². The van der Waals surface area contributed by atoms with Gasteiger partial charge in [-0.25, -0.2) is 9.78 Å². The zero-order chi connectivity index (χ0) is 18.5. The Morgan fingerprint density at radius 1 is 1.19 bits per heavy atom. The third-order valence-corrected chi connectivity index (χ3v) is 3.70. The molecule has 2 N–H and O–H groups in total. The standard InChI is InChI=1S/C18H17N3O5/c22-15(10-20-8-7-19-12-20)11-26-16-4-2-14(3-5-16)21-9-13(18(24)25)1-6-17(21)23/h1-9,12,15,22H,10-11H2,(H,24,25)/t15-/m0/s1. The van der Waals surface area contributed by atoms with Crippen molar-refractivity contribution in [2.24, 2.45) is 0 Å². The molecule has 26 heavy (non-hydrogen) atoms. The second-order valence-electron chi connectivity index (χ2n) is 5.65. The molecule has 0 saturated carbocycles. The average Bonchev–Trinajstić information content (AvgIpc) is 3.13. The molecule has 3 aromatic rings. The highest BCUT2D eigenvalue weighted by Crippen LogP contribution is 2.15. The van der Waals surface area contributed by atoms with E-state index in [-0.39, 0.29) is 17.7 Å². The van der Waals surface area contributed by atoms with E-state index in [1.807, 2.05) is 0 Å². The van der Waals surface area contributed by atoms with Gasteiger partial charge in [0.15, 0.2) is 0 Å². The molecule has 1 aromatic carbocycles. The maximum Gasteiger partial charge on any atom is 0.337 e. The minimum atomic E-state index is -1.11. The molecule has 0 aliphatic carbocycles. The summed E-state index contributed by atoms with van der Waals surface area (Å²) in [5.74, 6) is -0.577. The van der Waals surface area contributed by atoms with Crippen molar-refractivity contribution in [2.45, 2.75) is 12.6 Å². The summed E-state index contributed by atoms with van der Waals surface area (Å²) in [5, 5.41) is 19.0. The number of imidazole rings is 1. The lowest BCUT2D eigenvalue weighted by Crippen LogP contribution is -2.23. The average molecular weight is 355 g/mol. The van der Waals surface area contributed by atoms with Crippen LogP contribution in [0.4, 0.5) is 0 Å². The highest BCUT2D eigenvalue weighted by Gasteiger charge is 2.08. The number of aromatic nitrogens is 3. The van der Waals surface area contributed by atoms with Crippen LogP contribution in [-0.2, 0) is 6.54 Å². The van der Waals surface area contributed by atoms with Crippen molar-refractivity contribution in [3.05, 3.63) is 77.2 Å². The Labute approximate surface area is 148 Å². The van der Waals surface area contributed by atoms with E-state index in [0.29, 0.717) is 18.0 Å². The van der Waals surface area contributed by atoms with Gasteiger partial charge in [-0.1, -0.05) is 0 Å². The first kappa shape index (κ1) is 17.4. The lowest BCUT2D eigenvalue weighted by atomic mass is 10.2. The van der Waals surface area contributed by atoms with Crippen LogP contribution in [0.1, 0.15) is 10.4 Å². The molecule has 8 heteroatoms. The minimum Gasteiger partial charge on any atom is -0.491 e. The number of nitrogens with zero attached hydrogens (tertiary/aromatic N) is 3. The van der Waals surface area contributed by atoms with Crippen molar-refractivity contribution >= 4 is 5.97 Å². The number of aliphatic hydroxyl groups is 1. The van der Waals surface area contributed by atoms with Crippen LogP contribution < -0.4 is 10.3 Å². The molecule has 1 atom stereocenters. The highest BCUT2D eigenvalue weighted by atomic mass is 16.5. The monoisotopic (exact) mass is 355 g/mol. The zero-order valence-electron chi connectivity index (χ0n) is 13.7. The number of benzene rings is 1. The number of ether oxygens (including phenoxy) is 1. The van der Waals surface area contributed by atoms with E-state index < -0.39 is 12.1 Å². The van der Waals surface area contributed by atoms with Gasteiger partial charge < -0.3 is 19.5 Å². The Morgan fingerprint density at radius 2 is 1.96 bits per heavy atom. The summed E-state index contributed by atoms with van der Waals surface area (Å²) in [6.45, 7) is 0.474. The van der Waals surface area contributed by atoms with Gasteiger partial charge in [-0.15, -0.1) is 0 Å². The topological polar surface area (TPSA) is 107 Å². The summed E-state index contributed by atoms with van der Waals surface area (Å²) in [6.07, 6.45) is 5.57. The zero-order valence-corrected chi connectivity index (χ0v) is 13.7. The van der Waals surface area contributed by atoms with Crippen molar-refractivity contribution in [3.8, 4) is 11.4 Å². The van der Waals surface area contributed by atoms with E-state index >= 15 is 0 Å². The van der Waals surface area contributed by atoms with Gasteiger partial charge in [0, 0.05) is 30.3 Å². The molecule has 0 amide bonds. The van der Waals surface area contributed by atoms with E-state index in [1.165, 1.54) is 22.9 Å². The first-order valence-corrected chi connectivity index (χ1v) is 7.86. The first-order chi connectivity index (χ1) is 12.5. The van der Waals surface area contributed by atoms with E-state index in [0.717, 1.165) is 0 Å². The molecular weight excluding hydrogens is 338 g/mol. The number of carboxylic acids is 1. The van der Waals surface area contributed by atoms with Gasteiger partial charge in [0.2, 0.25) is 0 Å². The van der Waals surface area contributed by atoms with Gasteiger partial charge in [-0.05, 0) is 30.3 Å². The number of carboxylic acid groups (broad SMARTS) is 1. The molecule has 0 radical (unpaired) electrons. The van der Waals surface area contributed by atoms with Crippen LogP contribution >= 0.6 is 0 Å². The van der Waals surface area contributed by atoms with Crippen LogP contribution in [0, 0.1) is 0 Å². The predicted octanol–water partition coefficient (Wildman–Crippen LogP) is 1.17. The summed E-state index contributed by atoms with van der Waals surface area (Å²) in [6, 6.07) is 9.06. The van der Waals surface area contributed by atoms with Crippen LogP contribution in [0.3, 0.4) is 0 Å². The first-order valence-electron chi connectivity index (χ1n) is 7.86. The second kappa shape index (κ2) is 7.66. The Bertz CT molecular complexity index is 932. The minimum absolute atomic E-state index is 0.0209. The van der Waals surface area contributed by atoms with Crippen LogP contribution in [0.5, 0.6) is 5.75 Å². The van der Waals surface area contributed by atoms with E-state index in [4.69, 9.17) is 9.84 Å². The molecule has 0 fully saturated rings. The van der Waals surface area contributed by atoms with Crippen molar-refractivity contribution in [2.75, 3.05) is 6.61 Å². The predicted molar refractivity (Wildman–Crippen MR) is 92.7 cm³/mol. The Kier molecular flexibility index (Phi) is 5.14. The van der Waals surface area contributed by atoms with Crippen molar-refractivity contribution in [1.82, 2.24) is 14.1 Å². The highest BCUT2D eigenvalue weighted by molar-refractivity contribution is 5.87. The molecule has 0 spiro atoms. The Hall–Kier alpha value is -3.39. The molecule has 2 aromatic heterocycles. The molecule has 134 valence electrons. The van der Waals surface area contributed by atoms with Crippen molar-refractivity contribution < 1.29 is 19.7 Å². The summed E-state index contributed by atoms with van der Waals surface area (Å²) >= 11 is 0. The maximum absolute atomic E-state index is 11.9. The van der Waals surface area contributed by atoms with Crippen LogP contribution in [-0.4, -0.2) is 43.0 Å². The Balaban J connectivity index is 1.66. The Morgan fingerprint density at radius 3 is 2.62 bits per heavy atom. The number of rotatable bonds is 7. The molecule has 8 nitrogen and oxygen atoms in total. The van der Waals surface area contributed by atoms with E-state index in [9.17, 15) is 14.7 Å². The number of aromatic carboxylic acids is 1. The van der Waals surface area contributed by atoms with Crippen LogP contribution in [0.2, 0.25) is 0 Å². The van der Waals surface area contributed by atoms with E-state index in [1.54, 1.807) is 47.6 Å². The molecule has 0 bridgehead atoms. The number of aliphatic hydroxyl groups excluding tert-OH is 1. The fourth-order valence-corrected chi connectivity index (χ4v) is 2.40. The van der Waals surface area contributed by atoms with Gasteiger partial charge in [-0.3, -0.25) is 9.36 Å². The van der Waals surface area contributed by atoms with Gasteiger partial charge in [0.05, 0.1) is 18.4 Å². The number of hydrogen-bond acceptors (Lipinski definition) is 5. The smallest absolute Gasteiger partial charge is 0.337 e. The SMILES string of the molecule is O=C(O)c1ccc(=O)n(-c2ccc(OC[C@@H](O)Cn3ccnc3)cc2)c1. The van der Waals surface area contributed by atoms with Gasteiger partial charge in [0.1, 0.15) is 18.5 Å². The van der Waals surface area contributed by atoms with Crippen molar-refractivity contribution in [1.29, 1.82) is 0 Å². The number of pyridine rings is 1. The van der Waals surface area contributed by atoms with Gasteiger partial charge >= 0.3 is 5.97 Å². The fraction of sp³-hybridized carbons (Fsp3) is 0.167. The molecular formula is C18H17N3O5. The summed E-state index contributed by atoms with van der Waals surface area (Å²) in [5.41, 5.74) is 0.205. The molecule has 0 saturated heterocycles. The normalized spacial score (nSPS) is 11.9. The van der Waals surface area contributed by atoms with Crippen LogP contribution in [0.15, 0.2) is 66.1 Å². The molecule has 0 aliphatic heterocycles. The summed E-state index contributed by atoms with van der Waals surface area (Å²) in [7, 11) is 0. The number of hydrogen-bond donors (Lipinski definition) is 2. The second-order valence-corrected chi connectivity index (χ2v) is 5.65. The lowest BCUT2D eigenvalue weighted by molar-refractivity contribution is 0.0696. The summed E-state index contributed by atoms with van der Waals surface area (Å²) < 4.78 is 8.53. The molecule has 0 aliphatic rings. The van der Waals surface area contributed by atoms with Gasteiger partial charge in [-0.2, -0.15) is 0 Å². The maximum atomic E-state index is 11.9. The fourth-order valence-electron chi connectivity index (χ4n) is 2.40. The van der Waals surface area contributed by atoms with Crippen molar-refractivity contribution in [3.63, 3.8) is 0 Å². The number of carbonyl (C=O) groups is 1. The van der Waals surface area contributed by atoms with E-state index in [2.05, 4.69) is 4.98 Å². The molecule has 0 unspecified atom stereocenters. The third-order valence-electron chi connectivity index (χ3n) is 3.70. The largest absolute Gasteiger partial charge is 0.491 e. The third kappa shape index (κ3) is 4.17. The van der Waals surface area contributed by atoms with Gasteiger partial charge in [0.25, 0.3) is 5.56 Å². The molecule has 3 rings (SSSR count). The summed E-state index contributed by atoms with van der Waals surface area (Å²) in [4.78, 5) is 26.9. The molecule has 2 heterocycles.